The topological polar surface area (TPSA) is 84.9 Å². The maximum Gasteiger partial charge on any atom is 0.160 e. The van der Waals surface area contributed by atoms with Crippen molar-refractivity contribution in [2.45, 2.75) is 44.7 Å². The molecule has 0 radical (unpaired) electrons. The number of ether oxygens (including phenoxy) is 2. The Morgan fingerprint density at radius 2 is 2.32 bits per heavy atom. The van der Waals surface area contributed by atoms with E-state index < -0.39 is 12.2 Å². The van der Waals surface area contributed by atoms with E-state index in [1.165, 1.54) is 0 Å². The van der Waals surface area contributed by atoms with Gasteiger partial charge >= 0.3 is 0 Å². The lowest BCUT2D eigenvalue weighted by Gasteiger charge is -2.37. The highest BCUT2D eigenvalue weighted by Crippen LogP contribution is 2.26. The molecule has 4 N–H and O–H groups in total. The molecule has 5 nitrogen and oxygen atoms in total. The van der Waals surface area contributed by atoms with Gasteiger partial charge in [0.15, 0.2) is 6.29 Å². The van der Waals surface area contributed by atoms with E-state index in [2.05, 4.69) is 6.58 Å². The van der Waals surface area contributed by atoms with Crippen molar-refractivity contribution < 1.29 is 19.7 Å². The Morgan fingerprint density at radius 1 is 1.58 bits per heavy atom. The van der Waals surface area contributed by atoms with Crippen molar-refractivity contribution in [2.75, 3.05) is 13.2 Å². The summed E-state index contributed by atoms with van der Waals surface area (Å²) in [6, 6.07) is 0. The number of allylic oxidation sites excluding steroid dienone is 2. The Balaban J connectivity index is 2.22. The van der Waals surface area contributed by atoms with E-state index in [0.29, 0.717) is 18.7 Å². The molecule has 1 fully saturated rings. The summed E-state index contributed by atoms with van der Waals surface area (Å²) >= 11 is 0. The van der Waals surface area contributed by atoms with Crippen molar-refractivity contribution in [1.29, 1.82) is 0 Å². The first kappa shape index (κ1) is 16.2. The van der Waals surface area contributed by atoms with E-state index in [9.17, 15) is 5.11 Å². The minimum atomic E-state index is -0.613. The minimum absolute atomic E-state index is 0.122. The molecule has 4 atom stereocenters. The molecule has 1 aliphatic rings. The van der Waals surface area contributed by atoms with Crippen LogP contribution >= 0.6 is 0 Å². The van der Waals surface area contributed by atoms with E-state index >= 15 is 0 Å². The van der Waals surface area contributed by atoms with Crippen LogP contribution in [0, 0.1) is 5.92 Å². The van der Waals surface area contributed by atoms with Gasteiger partial charge in [0.1, 0.15) is 6.10 Å². The summed E-state index contributed by atoms with van der Waals surface area (Å²) in [6.45, 7) is 5.93. The minimum Gasteiger partial charge on any atom is -0.399 e. The second-order valence-corrected chi connectivity index (χ2v) is 5.00. The number of hydrogen-bond donors (Lipinski definition) is 3. The molecule has 0 aromatic rings. The van der Waals surface area contributed by atoms with Gasteiger partial charge in [-0.2, -0.15) is 0 Å². The lowest BCUT2D eigenvalue weighted by Crippen LogP contribution is -2.46. The summed E-state index contributed by atoms with van der Waals surface area (Å²) in [5.41, 5.74) is 5.95. The fraction of sp³-hybridized carbons (Fsp3) is 0.714. The van der Waals surface area contributed by atoms with Crippen LogP contribution in [0.5, 0.6) is 0 Å². The maximum absolute atomic E-state index is 9.68. The molecule has 0 spiro atoms. The molecule has 0 amide bonds. The van der Waals surface area contributed by atoms with E-state index in [-0.39, 0.29) is 18.8 Å². The number of unbranched alkanes of at least 4 members (excludes halogenated alkanes) is 1. The molecule has 0 saturated carbocycles. The van der Waals surface area contributed by atoms with Gasteiger partial charge in [0.05, 0.1) is 19.3 Å². The number of nitrogens with two attached hydrogens (primary N) is 1. The van der Waals surface area contributed by atoms with Gasteiger partial charge in [-0.3, -0.25) is 0 Å². The third kappa shape index (κ3) is 5.74. The first-order valence-electron chi connectivity index (χ1n) is 6.71. The number of aliphatic hydroxyl groups is 2. The Bertz CT molecular complexity index is 306. The van der Waals surface area contributed by atoms with Crippen LogP contribution in [-0.4, -0.2) is 41.9 Å². The molecule has 110 valence electrons. The Hall–Kier alpha value is -0.880. The van der Waals surface area contributed by atoms with Crippen molar-refractivity contribution in [3.05, 3.63) is 24.4 Å². The van der Waals surface area contributed by atoms with Crippen molar-refractivity contribution >= 4 is 0 Å². The first-order valence-corrected chi connectivity index (χ1v) is 6.71. The summed E-state index contributed by atoms with van der Waals surface area (Å²) in [6.07, 6.45) is 4.54. The fourth-order valence-electron chi connectivity index (χ4n) is 2.04. The predicted octanol–water partition coefficient (Wildman–Crippen LogP) is 0.916. The zero-order valence-corrected chi connectivity index (χ0v) is 11.5. The third-order valence-corrected chi connectivity index (χ3v) is 3.13. The highest BCUT2D eigenvalue weighted by molar-refractivity contribution is 5.09. The smallest absolute Gasteiger partial charge is 0.160 e. The van der Waals surface area contributed by atoms with Gasteiger partial charge in [-0.05, 0) is 25.3 Å². The van der Waals surface area contributed by atoms with E-state index in [1.54, 1.807) is 6.08 Å². The lowest BCUT2D eigenvalue weighted by atomic mass is 9.96. The molecule has 1 rings (SSSR count). The van der Waals surface area contributed by atoms with E-state index in [0.717, 1.165) is 12.8 Å². The Kier molecular flexibility index (Phi) is 7.09. The van der Waals surface area contributed by atoms with Gasteiger partial charge in [-0.1, -0.05) is 19.6 Å². The average molecular weight is 271 g/mol. The maximum atomic E-state index is 9.68. The van der Waals surface area contributed by atoms with Gasteiger partial charge < -0.3 is 25.4 Å². The molecule has 5 heteroatoms. The van der Waals surface area contributed by atoms with E-state index in [1.807, 2.05) is 13.0 Å². The summed E-state index contributed by atoms with van der Waals surface area (Å²) < 4.78 is 11.2. The van der Waals surface area contributed by atoms with Crippen LogP contribution in [0.15, 0.2) is 24.4 Å². The quantitative estimate of drug-likeness (QED) is 0.473. The molecular weight excluding hydrogens is 246 g/mol. The van der Waals surface area contributed by atoms with Gasteiger partial charge in [-0.25, -0.2) is 0 Å². The van der Waals surface area contributed by atoms with Gasteiger partial charge in [0, 0.05) is 11.6 Å². The first-order chi connectivity index (χ1) is 9.04. The van der Waals surface area contributed by atoms with Crippen LogP contribution in [0.3, 0.4) is 0 Å². The van der Waals surface area contributed by atoms with Crippen LogP contribution in [0.4, 0.5) is 0 Å². The van der Waals surface area contributed by atoms with Gasteiger partial charge in [0.25, 0.3) is 0 Å². The monoisotopic (exact) mass is 271 g/mol. The van der Waals surface area contributed by atoms with Gasteiger partial charge in [-0.15, -0.1) is 0 Å². The van der Waals surface area contributed by atoms with Crippen LogP contribution < -0.4 is 5.73 Å². The molecule has 0 aliphatic carbocycles. The molecule has 1 saturated heterocycles. The average Bonchev–Trinajstić information content (AvgIpc) is 2.35. The Morgan fingerprint density at radius 3 is 2.95 bits per heavy atom. The predicted molar refractivity (Wildman–Crippen MR) is 73.2 cm³/mol. The molecule has 1 heterocycles. The summed E-state index contributed by atoms with van der Waals surface area (Å²) in [5.74, 6) is 0.122. The molecule has 19 heavy (non-hydrogen) atoms. The van der Waals surface area contributed by atoms with Crippen LogP contribution in [0.25, 0.3) is 0 Å². The third-order valence-electron chi connectivity index (χ3n) is 3.13. The standard InChI is InChI=1S/C14H25NO4/c1-10-8-12(17)13(9-16)19-14(10)18-7-5-3-4-6-11(2)15/h4,6,10,12-14,16-17H,2-3,5,7-9,15H2,1H3/b6-4+/t10-,12?,13+,14?/m1/s1. The van der Waals surface area contributed by atoms with Crippen LogP contribution in [0.1, 0.15) is 26.2 Å². The van der Waals surface area contributed by atoms with Crippen molar-refractivity contribution in [2.24, 2.45) is 11.7 Å². The molecule has 2 unspecified atom stereocenters. The largest absolute Gasteiger partial charge is 0.399 e. The van der Waals surface area contributed by atoms with Gasteiger partial charge in [0.2, 0.25) is 0 Å². The van der Waals surface area contributed by atoms with Crippen LogP contribution in [-0.2, 0) is 9.47 Å². The SMILES string of the molecule is C=C(N)/C=C/CCCOC1O[C@@H](CO)C(O)C[C@H]1C. The lowest BCUT2D eigenvalue weighted by molar-refractivity contribution is -0.251. The van der Waals surface area contributed by atoms with Crippen LogP contribution in [0.2, 0.25) is 0 Å². The molecule has 0 aromatic heterocycles. The van der Waals surface area contributed by atoms with Crippen molar-refractivity contribution in [3.8, 4) is 0 Å². The second-order valence-electron chi connectivity index (χ2n) is 5.00. The van der Waals surface area contributed by atoms with Crippen molar-refractivity contribution in [1.82, 2.24) is 0 Å². The number of rotatable bonds is 7. The highest BCUT2D eigenvalue weighted by atomic mass is 16.7. The van der Waals surface area contributed by atoms with E-state index in [4.69, 9.17) is 20.3 Å². The zero-order chi connectivity index (χ0) is 14.3. The fourth-order valence-corrected chi connectivity index (χ4v) is 2.04. The normalized spacial score (nSPS) is 31.7. The highest BCUT2D eigenvalue weighted by Gasteiger charge is 2.34. The molecule has 0 aromatic carbocycles. The Labute approximate surface area is 114 Å². The molecule has 0 bridgehead atoms. The summed E-state index contributed by atoms with van der Waals surface area (Å²) in [5, 5.41) is 18.8. The number of hydrogen-bond acceptors (Lipinski definition) is 5. The summed E-state index contributed by atoms with van der Waals surface area (Å²) in [4.78, 5) is 0. The molecular formula is C14H25NO4. The summed E-state index contributed by atoms with van der Waals surface area (Å²) in [7, 11) is 0. The molecule has 1 aliphatic heterocycles. The number of aliphatic hydroxyl groups excluding tert-OH is 2. The zero-order valence-electron chi connectivity index (χ0n) is 11.5. The second kappa shape index (κ2) is 8.32. The van der Waals surface area contributed by atoms with Crippen molar-refractivity contribution in [3.63, 3.8) is 0 Å².